The van der Waals surface area contributed by atoms with Crippen molar-refractivity contribution in [3.63, 3.8) is 0 Å². The molecule has 3 nitrogen and oxygen atoms in total. The molecule has 7 heteroatoms. The second kappa shape index (κ2) is 4.80. The lowest BCUT2D eigenvalue weighted by atomic mass is 9.99. The van der Waals surface area contributed by atoms with Gasteiger partial charge < -0.3 is 4.74 Å². The summed E-state index contributed by atoms with van der Waals surface area (Å²) in [5.41, 5.74) is -0.177. The molecule has 1 aliphatic rings. The van der Waals surface area contributed by atoms with Crippen LogP contribution in [0.2, 0.25) is 0 Å². The molecule has 0 radical (unpaired) electrons. The summed E-state index contributed by atoms with van der Waals surface area (Å²) in [5.74, 6) is -5.53. The lowest BCUT2D eigenvalue weighted by Crippen LogP contribution is -2.58. The zero-order chi connectivity index (χ0) is 14.2. The third kappa shape index (κ3) is 2.70. The van der Waals surface area contributed by atoms with Gasteiger partial charge in [0.05, 0.1) is 20.2 Å². The number of nitrogens with zero attached hydrogens (tertiary/aromatic N) is 1. The van der Waals surface area contributed by atoms with Crippen LogP contribution >= 0.6 is 0 Å². The van der Waals surface area contributed by atoms with Gasteiger partial charge in [0.1, 0.15) is 17.7 Å². The number of methoxy groups -OCH3 is 1. The van der Waals surface area contributed by atoms with E-state index in [0.29, 0.717) is 6.07 Å². The molecule has 1 atom stereocenters. The highest BCUT2D eigenvalue weighted by Crippen LogP contribution is 2.36. The second-order valence-electron chi connectivity index (χ2n) is 4.35. The molecular formula is C12H11F4NO2. The summed E-state index contributed by atoms with van der Waals surface area (Å²) in [5, 5.41) is 0. The Kier molecular flexibility index (Phi) is 3.49. The molecule has 0 aliphatic carbocycles. The van der Waals surface area contributed by atoms with E-state index < -0.39 is 42.7 Å². The Labute approximate surface area is 106 Å². The SMILES string of the molecule is COC(=O)C(c1ccc(F)cc1F)N1CC(F)(F)C1. The van der Waals surface area contributed by atoms with E-state index in [1.165, 1.54) is 0 Å². The van der Waals surface area contributed by atoms with Crippen molar-refractivity contribution in [2.45, 2.75) is 12.0 Å². The molecule has 2 rings (SSSR count). The number of esters is 1. The number of halogens is 4. The summed E-state index contributed by atoms with van der Waals surface area (Å²) in [4.78, 5) is 12.7. The molecule has 0 bridgehead atoms. The van der Waals surface area contributed by atoms with Gasteiger partial charge in [0, 0.05) is 11.6 Å². The smallest absolute Gasteiger partial charge is 0.327 e. The minimum atomic E-state index is -2.90. The quantitative estimate of drug-likeness (QED) is 0.626. The molecule has 0 aromatic heterocycles. The lowest BCUT2D eigenvalue weighted by molar-refractivity contribution is -0.172. The fraction of sp³-hybridized carbons (Fsp3) is 0.417. The van der Waals surface area contributed by atoms with Crippen LogP contribution in [-0.4, -0.2) is 37.0 Å². The van der Waals surface area contributed by atoms with Gasteiger partial charge in [-0.3, -0.25) is 4.90 Å². The fourth-order valence-electron chi connectivity index (χ4n) is 2.04. The number of hydrogen-bond acceptors (Lipinski definition) is 3. The van der Waals surface area contributed by atoms with Crippen molar-refractivity contribution in [1.82, 2.24) is 4.90 Å². The number of benzene rings is 1. The van der Waals surface area contributed by atoms with E-state index in [2.05, 4.69) is 4.74 Å². The molecule has 1 unspecified atom stereocenters. The van der Waals surface area contributed by atoms with E-state index in [1.54, 1.807) is 0 Å². The van der Waals surface area contributed by atoms with E-state index in [9.17, 15) is 22.4 Å². The van der Waals surface area contributed by atoms with Crippen molar-refractivity contribution >= 4 is 5.97 Å². The van der Waals surface area contributed by atoms with E-state index in [1.807, 2.05) is 0 Å². The maximum absolute atomic E-state index is 13.6. The van der Waals surface area contributed by atoms with Gasteiger partial charge in [0.25, 0.3) is 5.92 Å². The monoisotopic (exact) mass is 277 g/mol. The molecule has 0 N–H and O–H groups in total. The number of carbonyl (C=O) groups is 1. The Morgan fingerprint density at radius 1 is 1.37 bits per heavy atom. The van der Waals surface area contributed by atoms with Gasteiger partial charge >= 0.3 is 5.97 Å². The Morgan fingerprint density at radius 3 is 2.47 bits per heavy atom. The number of alkyl halides is 2. The summed E-state index contributed by atoms with van der Waals surface area (Å²) in [6.07, 6.45) is 0. The average Bonchev–Trinajstić information content (AvgIpc) is 2.29. The van der Waals surface area contributed by atoms with Crippen molar-refractivity contribution < 1.29 is 27.1 Å². The van der Waals surface area contributed by atoms with Crippen LogP contribution in [0.25, 0.3) is 0 Å². The van der Waals surface area contributed by atoms with Crippen LogP contribution in [-0.2, 0) is 9.53 Å². The van der Waals surface area contributed by atoms with Crippen molar-refractivity contribution in [2.24, 2.45) is 0 Å². The van der Waals surface area contributed by atoms with E-state index in [0.717, 1.165) is 24.1 Å². The average molecular weight is 277 g/mol. The molecule has 104 valence electrons. The lowest BCUT2D eigenvalue weighted by Gasteiger charge is -2.42. The number of hydrogen-bond donors (Lipinski definition) is 0. The molecule has 1 aliphatic heterocycles. The molecule has 1 heterocycles. The van der Waals surface area contributed by atoms with Crippen LogP contribution in [0.15, 0.2) is 18.2 Å². The van der Waals surface area contributed by atoms with E-state index in [4.69, 9.17) is 0 Å². The summed E-state index contributed by atoms with van der Waals surface area (Å²) in [7, 11) is 1.08. The number of carbonyl (C=O) groups excluding carboxylic acids is 1. The molecule has 1 saturated heterocycles. The van der Waals surface area contributed by atoms with Gasteiger partial charge in [-0.2, -0.15) is 0 Å². The van der Waals surface area contributed by atoms with Crippen molar-refractivity contribution in [2.75, 3.05) is 20.2 Å². The second-order valence-corrected chi connectivity index (χ2v) is 4.35. The van der Waals surface area contributed by atoms with Gasteiger partial charge in [-0.1, -0.05) is 6.07 Å². The zero-order valence-electron chi connectivity index (χ0n) is 10.00. The Bertz CT molecular complexity index is 499. The van der Waals surface area contributed by atoms with Gasteiger partial charge in [0.15, 0.2) is 0 Å². The van der Waals surface area contributed by atoms with Crippen LogP contribution in [0.1, 0.15) is 11.6 Å². The predicted molar refractivity (Wildman–Crippen MR) is 57.6 cm³/mol. The van der Waals surface area contributed by atoms with E-state index >= 15 is 0 Å². The molecule has 0 amide bonds. The highest BCUT2D eigenvalue weighted by molar-refractivity contribution is 5.77. The van der Waals surface area contributed by atoms with Crippen LogP contribution in [0, 0.1) is 11.6 Å². The van der Waals surface area contributed by atoms with Gasteiger partial charge in [-0.25, -0.2) is 22.4 Å². The standard InChI is InChI=1S/C12H11F4NO2/c1-19-11(18)10(17-5-12(15,16)6-17)8-3-2-7(13)4-9(8)14/h2-4,10H,5-6H2,1H3. The molecule has 0 spiro atoms. The molecule has 1 aromatic carbocycles. The van der Waals surface area contributed by atoms with Gasteiger partial charge in [0.2, 0.25) is 0 Å². The Morgan fingerprint density at radius 2 is 2.00 bits per heavy atom. The molecule has 1 aromatic rings. The van der Waals surface area contributed by atoms with Crippen LogP contribution in [0.3, 0.4) is 0 Å². The summed E-state index contributed by atoms with van der Waals surface area (Å²) >= 11 is 0. The summed E-state index contributed by atoms with van der Waals surface area (Å²) in [6.45, 7) is -1.33. The summed E-state index contributed by atoms with van der Waals surface area (Å²) < 4.78 is 56.7. The summed E-state index contributed by atoms with van der Waals surface area (Å²) in [6, 6.07) is 1.34. The van der Waals surface area contributed by atoms with E-state index in [-0.39, 0.29) is 5.56 Å². The van der Waals surface area contributed by atoms with Crippen molar-refractivity contribution in [1.29, 1.82) is 0 Å². The first-order valence-electron chi connectivity index (χ1n) is 5.49. The van der Waals surface area contributed by atoms with Crippen LogP contribution in [0.5, 0.6) is 0 Å². The van der Waals surface area contributed by atoms with Gasteiger partial charge in [-0.05, 0) is 6.07 Å². The maximum atomic E-state index is 13.6. The number of likely N-dealkylation sites (tertiary alicyclic amines) is 1. The highest BCUT2D eigenvalue weighted by Gasteiger charge is 2.49. The first-order chi connectivity index (χ1) is 8.84. The largest absolute Gasteiger partial charge is 0.468 e. The topological polar surface area (TPSA) is 29.5 Å². The first kappa shape index (κ1) is 13.8. The highest BCUT2D eigenvalue weighted by atomic mass is 19.3. The minimum Gasteiger partial charge on any atom is -0.468 e. The van der Waals surface area contributed by atoms with Crippen molar-refractivity contribution in [3.05, 3.63) is 35.4 Å². The van der Waals surface area contributed by atoms with Crippen molar-refractivity contribution in [3.8, 4) is 0 Å². The number of ether oxygens (including phenoxy) is 1. The molecule has 0 saturated carbocycles. The van der Waals surface area contributed by atoms with Crippen LogP contribution < -0.4 is 0 Å². The number of rotatable bonds is 3. The third-order valence-electron chi connectivity index (χ3n) is 2.92. The van der Waals surface area contributed by atoms with Gasteiger partial charge in [-0.15, -0.1) is 0 Å². The fourth-order valence-corrected chi connectivity index (χ4v) is 2.04. The molecular weight excluding hydrogens is 266 g/mol. The molecule has 19 heavy (non-hydrogen) atoms. The predicted octanol–water partition coefficient (Wildman–Crippen LogP) is 2.13. The Balaban J connectivity index is 2.31. The van der Waals surface area contributed by atoms with Crippen LogP contribution in [0.4, 0.5) is 17.6 Å². The first-order valence-corrected chi connectivity index (χ1v) is 5.49. The Hall–Kier alpha value is -1.63. The third-order valence-corrected chi connectivity index (χ3v) is 2.92. The maximum Gasteiger partial charge on any atom is 0.327 e. The molecule has 1 fully saturated rings. The normalized spacial score (nSPS) is 19.6. The minimum absolute atomic E-state index is 0.177. The zero-order valence-corrected chi connectivity index (χ0v) is 10.00.